The Morgan fingerprint density at radius 2 is 1.58 bits per heavy atom. The first-order chi connectivity index (χ1) is 27.6. The summed E-state index contributed by atoms with van der Waals surface area (Å²) in [5.41, 5.74) is 4.64. The Balaban J connectivity index is 0.966. The average Bonchev–Trinajstić information content (AvgIpc) is 3.39. The molecule has 0 saturated carbocycles. The van der Waals surface area contributed by atoms with Gasteiger partial charge in [-0.05, 0) is 112 Å². The number of amides is 4. The van der Waals surface area contributed by atoms with Crippen molar-refractivity contribution in [3.63, 3.8) is 0 Å². The molecule has 0 unspecified atom stereocenters. The largest absolute Gasteiger partial charge is 0.465 e. The first-order valence-corrected chi connectivity index (χ1v) is 20.9. The topological polar surface area (TPSA) is 147 Å². The number of hydrogen-bond donors (Lipinski definition) is 1. The lowest BCUT2D eigenvalue weighted by Crippen LogP contribution is -2.52. The van der Waals surface area contributed by atoms with E-state index in [-0.39, 0.29) is 30.4 Å². The monoisotopic (exact) mass is 786 g/mol. The molecule has 0 spiro atoms. The fraction of sp³-hybridized carbons (Fsp3) is 0.605. The third-order valence-corrected chi connectivity index (χ3v) is 12.6. The van der Waals surface area contributed by atoms with E-state index >= 15 is 0 Å². The molecule has 3 aromatic rings. The van der Waals surface area contributed by atoms with Crippen molar-refractivity contribution in [2.24, 2.45) is 18.9 Å². The fourth-order valence-corrected chi connectivity index (χ4v) is 9.32. The molecular weight excluding hydrogens is 729 g/mol. The molecule has 2 aromatic carbocycles. The maximum atomic E-state index is 14.3. The summed E-state index contributed by atoms with van der Waals surface area (Å²) >= 11 is 0. The predicted octanol–water partition coefficient (Wildman–Crippen LogP) is 5.34. The molecule has 4 aliphatic heterocycles. The van der Waals surface area contributed by atoms with Crippen molar-refractivity contribution in [2.75, 3.05) is 64.3 Å². The third-order valence-electron chi connectivity index (χ3n) is 12.6. The highest BCUT2D eigenvalue weighted by molar-refractivity contribution is 5.91. The molecule has 14 heteroatoms. The molecule has 0 radical (unpaired) electrons. The molecule has 308 valence electrons. The maximum absolute atomic E-state index is 14.3. The summed E-state index contributed by atoms with van der Waals surface area (Å²) in [6, 6.07) is 11.4. The molecule has 57 heavy (non-hydrogen) atoms. The zero-order valence-electron chi connectivity index (χ0n) is 33.7. The summed E-state index contributed by atoms with van der Waals surface area (Å²) in [6.07, 6.45) is 6.18. The smallest absolute Gasteiger partial charge is 0.419 e. The summed E-state index contributed by atoms with van der Waals surface area (Å²) in [7, 11) is 1.66. The van der Waals surface area contributed by atoms with Crippen LogP contribution in [0.25, 0.3) is 11.1 Å². The Morgan fingerprint density at radius 3 is 2.30 bits per heavy atom. The van der Waals surface area contributed by atoms with Gasteiger partial charge in [0.05, 0.1) is 18.7 Å². The number of rotatable bonds is 11. The van der Waals surface area contributed by atoms with Gasteiger partial charge in [0.1, 0.15) is 0 Å². The molecule has 0 aliphatic carbocycles. The van der Waals surface area contributed by atoms with Gasteiger partial charge in [-0.25, -0.2) is 14.4 Å². The van der Waals surface area contributed by atoms with Gasteiger partial charge in [0.2, 0.25) is 0 Å². The van der Waals surface area contributed by atoms with Crippen molar-refractivity contribution in [3.05, 3.63) is 63.6 Å². The molecule has 5 heterocycles. The quantitative estimate of drug-likeness (QED) is 0.201. The zero-order valence-corrected chi connectivity index (χ0v) is 33.7. The third kappa shape index (κ3) is 9.48. The van der Waals surface area contributed by atoms with Crippen LogP contribution in [0.15, 0.2) is 45.6 Å². The number of anilines is 1. The number of ether oxygens (including phenoxy) is 2. The molecule has 3 saturated heterocycles. The highest BCUT2D eigenvalue weighted by Crippen LogP contribution is 2.33. The zero-order chi connectivity index (χ0) is 40.1. The van der Waals surface area contributed by atoms with Crippen LogP contribution in [0.5, 0.6) is 0 Å². The summed E-state index contributed by atoms with van der Waals surface area (Å²) in [5.74, 6) is 0.193. The van der Waals surface area contributed by atoms with Gasteiger partial charge in [0, 0.05) is 57.9 Å². The number of hydrogen-bond acceptors (Lipinski definition) is 9. The van der Waals surface area contributed by atoms with E-state index in [0.29, 0.717) is 81.7 Å². The standard InChI is InChI=1S/C43H58N6O8/c1-4-5-24-55-38(50)28-46-17-10-31(11-18-46)32-12-19-47(20-13-32)40(51)37(27-30-25-29(2)39-36(26-30)56-42(53)45(39)3)57-43(54)48-21-15-34(16-22-48)49-23-14-33-8-6-7-9-35(33)44-41(49)52/h6-9,25-26,31-32,34,37H,4-5,10-24,27-28H2,1-3H3,(H,44,52)/t37-/m1/s1. The van der Waals surface area contributed by atoms with Crippen LogP contribution in [-0.4, -0.2) is 119 Å². The van der Waals surface area contributed by atoms with Crippen LogP contribution in [0.2, 0.25) is 0 Å². The lowest BCUT2D eigenvalue weighted by molar-refractivity contribution is -0.145. The van der Waals surface area contributed by atoms with Crippen LogP contribution < -0.4 is 11.1 Å². The van der Waals surface area contributed by atoms with Crippen molar-refractivity contribution in [2.45, 2.75) is 90.2 Å². The second kappa shape index (κ2) is 18.2. The number of para-hydroxylation sites is 1. The van der Waals surface area contributed by atoms with Crippen molar-refractivity contribution in [3.8, 4) is 0 Å². The minimum absolute atomic E-state index is 0.0170. The fourth-order valence-electron chi connectivity index (χ4n) is 9.32. The van der Waals surface area contributed by atoms with Crippen LogP contribution in [-0.2, 0) is 39.0 Å². The van der Waals surface area contributed by atoms with E-state index in [0.717, 1.165) is 80.4 Å². The number of aromatic nitrogens is 1. The number of piperidine rings is 3. The van der Waals surface area contributed by atoms with Gasteiger partial charge in [-0.15, -0.1) is 0 Å². The number of oxazole rings is 1. The average molecular weight is 787 g/mol. The van der Waals surface area contributed by atoms with Crippen LogP contribution >= 0.6 is 0 Å². The number of urea groups is 1. The number of carbonyl (C=O) groups excluding carboxylic acids is 4. The SMILES string of the molecule is CCCCOC(=O)CN1CCC(C2CCN(C(=O)[C@@H](Cc3cc(C)c4c(c3)oc(=O)n4C)OC(=O)N3CCC(N4CCc5ccccc5NC4=O)CC3)CC2)CC1. The molecule has 3 fully saturated rings. The van der Waals surface area contributed by atoms with Crippen LogP contribution in [0.4, 0.5) is 15.3 Å². The Labute approximate surface area is 334 Å². The summed E-state index contributed by atoms with van der Waals surface area (Å²) in [6.45, 7) is 9.12. The normalized spacial score (nSPS) is 19.6. The molecule has 4 amide bonds. The molecule has 7 rings (SSSR count). The van der Waals surface area contributed by atoms with E-state index in [4.69, 9.17) is 13.9 Å². The molecule has 1 atom stereocenters. The Hall–Kier alpha value is -4.85. The first kappa shape index (κ1) is 40.4. The Kier molecular flexibility index (Phi) is 12.9. The molecular formula is C43H58N6O8. The Bertz CT molecular complexity index is 1970. The van der Waals surface area contributed by atoms with Crippen molar-refractivity contribution in [1.29, 1.82) is 0 Å². The lowest BCUT2D eigenvalue weighted by Gasteiger charge is -2.41. The van der Waals surface area contributed by atoms with E-state index in [1.54, 1.807) is 18.0 Å². The molecule has 1 N–H and O–H groups in total. The second-order valence-corrected chi connectivity index (χ2v) is 16.4. The van der Waals surface area contributed by atoms with Crippen LogP contribution in [0.3, 0.4) is 0 Å². The van der Waals surface area contributed by atoms with Crippen LogP contribution in [0.1, 0.15) is 75.0 Å². The molecule has 0 bridgehead atoms. The van der Waals surface area contributed by atoms with E-state index in [9.17, 15) is 24.0 Å². The van der Waals surface area contributed by atoms with Gasteiger partial charge >= 0.3 is 23.8 Å². The predicted molar refractivity (Wildman–Crippen MR) is 215 cm³/mol. The van der Waals surface area contributed by atoms with Gasteiger partial charge in [-0.1, -0.05) is 37.6 Å². The number of nitrogens with one attached hydrogen (secondary N) is 1. The minimum Gasteiger partial charge on any atom is -0.465 e. The lowest BCUT2D eigenvalue weighted by atomic mass is 9.78. The molecule has 1 aromatic heterocycles. The number of unbranched alkanes of at least 4 members (excludes halogenated alkanes) is 1. The summed E-state index contributed by atoms with van der Waals surface area (Å²) in [5, 5.41) is 3.05. The first-order valence-electron chi connectivity index (χ1n) is 20.9. The number of aryl methyl sites for hydroxylation is 2. The van der Waals surface area contributed by atoms with Crippen molar-refractivity contribution >= 4 is 40.8 Å². The highest BCUT2D eigenvalue weighted by Gasteiger charge is 2.37. The maximum Gasteiger partial charge on any atom is 0.419 e. The van der Waals surface area contributed by atoms with E-state index in [1.165, 1.54) is 4.57 Å². The Morgan fingerprint density at radius 1 is 0.895 bits per heavy atom. The number of benzene rings is 2. The second-order valence-electron chi connectivity index (χ2n) is 16.4. The van der Waals surface area contributed by atoms with Crippen molar-refractivity contribution in [1.82, 2.24) is 24.2 Å². The summed E-state index contributed by atoms with van der Waals surface area (Å²) < 4.78 is 18.5. The van der Waals surface area contributed by atoms with Gasteiger partial charge in [-0.3, -0.25) is 19.1 Å². The van der Waals surface area contributed by atoms with E-state index < -0.39 is 18.0 Å². The molecule has 4 aliphatic rings. The van der Waals surface area contributed by atoms with Crippen molar-refractivity contribution < 1.29 is 33.1 Å². The summed E-state index contributed by atoms with van der Waals surface area (Å²) in [4.78, 5) is 73.5. The number of nitrogens with zero attached hydrogens (tertiary/aromatic N) is 5. The van der Waals surface area contributed by atoms with E-state index in [1.807, 2.05) is 47.1 Å². The highest BCUT2D eigenvalue weighted by atomic mass is 16.6. The number of fused-ring (bicyclic) bond motifs is 2. The van der Waals surface area contributed by atoms with Gasteiger partial charge in [0.25, 0.3) is 5.91 Å². The van der Waals surface area contributed by atoms with Gasteiger partial charge < -0.3 is 33.9 Å². The van der Waals surface area contributed by atoms with Crippen LogP contribution in [0, 0.1) is 18.8 Å². The van der Waals surface area contributed by atoms with Gasteiger partial charge in [0.15, 0.2) is 11.7 Å². The molecule has 14 nitrogen and oxygen atoms in total. The minimum atomic E-state index is -1.06. The van der Waals surface area contributed by atoms with E-state index in [2.05, 4.69) is 17.1 Å². The number of likely N-dealkylation sites (tertiary alicyclic amines) is 3. The number of carbonyl (C=O) groups is 4. The van der Waals surface area contributed by atoms with Gasteiger partial charge in [-0.2, -0.15) is 0 Å². The number of esters is 1.